The number of ether oxygens (including phenoxy) is 1. The largest absolute Gasteiger partial charge is 0.417 e. The fraction of sp³-hybridized carbons (Fsp3) is 0.417. The lowest BCUT2D eigenvalue weighted by molar-refractivity contribution is -0.137. The lowest BCUT2D eigenvalue weighted by atomic mass is 9.95. The summed E-state index contributed by atoms with van der Waals surface area (Å²) >= 11 is 6.90. The summed E-state index contributed by atoms with van der Waals surface area (Å²) in [5.74, 6) is -1.96. The lowest BCUT2D eigenvalue weighted by Crippen LogP contribution is -2.51. The highest BCUT2D eigenvalue weighted by atomic mass is 35.5. The summed E-state index contributed by atoms with van der Waals surface area (Å²) in [6, 6.07) is 2.07. The van der Waals surface area contributed by atoms with Gasteiger partial charge in [-0.25, -0.2) is 13.6 Å². The third kappa shape index (κ3) is 4.58. The van der Waals surface area contributed by atoms with Crippen molar-refractivity contribution in [3.05, 3.63) is 50.9 Å². The van der Waals surface area contributed by atoms with Crippen LogP contribution in [0.4, 0.5) is 27.8 Å². The molecular formula is C24H22ClF5N4O2S. The van der Waals surface area contributed by atoms with Gasteiger partial charge in [-0.1, -0.05) is 11.6 Å². The fourth-order valence-electron chi connectivity index (χ4n) is 4.86. The molecule has 0 amide bonds. The zero-order valence-corrected chi connectivity index (χ0v) is 21.3. The van der Waals surface area contributed by atoms with E-state index in [0.717, 1.165) is 23.9 Å². The van der Waals surface area contributed by atoms with E-state index in [-0.39, 0.29) is 40.0 Å². The summed E-state index contributed by atoms with van der Waals surface area (Å²) in [5.41, 5.74) is -2.59. The smallest absolute Gasteiger partial charge is 0.379 e. The summed E-state index contributed by atoms with van der Waals surface area (Å²) < 4.78 is 79.6. The maximum Gasteiger partial charge on any atom is 0.417 e. The van der Waals surface area contributed by atoms with Crippen molar-refractivity contribution in [1.29, 1.82) is 0 Å². The van der Waals surface area contributed by atoms with Crippen LogP contribution in [-0.2, 0) is 17.5 Å². The maximum atomic E-state index is 15.1. The van der Waals surface area contributed by atoms with Gasteiger partial charge in [-0.15, -0.1) is 11.8 Å². The molecule has 1 N–H and O–H groups in total. The van der Waals surface area contributed by atoms with Crippen molar-refractivity contribution in [1.82, 2.24) is 14.9 Å². The van der Waals surface area contributed by atoms with E-state index < -0.39 is 51.3 Å². The monoisotopic (exact) mass is 560 g/mol. The van der Waals surface area contributed by atoms with Gasteiger partial charge in [-0.05, 0) is 19.1 Å². The minimum atomic E-state index is -4.91. The van der Waals surface area contributed by atoms with Crippen molar-refractivity contribution in [3.8, 4) is 11.1 Å². The Balaban J connectivity index is 1.95. The van der Waals surface area contributed by atoms with Crippen molar-refractivity contribution < 1.29 is 26.7 Å². The van der Waals surface area contributed by atoms with Crippen LogP contribution in [0.5, 0.6) is 0 Å². The summed E-state index contributed by atoms with van der Waals surface area (Å²) in [6.45, 7) is 3.49. The Morgan fingerprint density at radius 1 is 1.22 bits per heavy atom. The van der Waals surface area contributed by atoms with Gasteiger partial charge in [0.05, 0.1) is 28.8 Å². The topological polar surface area (TPSA) is 59.4 Å². The highest BCUT2D eigenvalue weighted by molar-refractivity contribution is 7.99. The molecule has 1 saturated heterocycles. The van der Waals surface area contributed by atoms with Crippen LogP contribution in [0, 0.1) is 11.6 Å². The number of thioether (sulfide) groups is 1. The SMILES string of the molecule is CO[C@H]1CSc2c(-c3cc(Cl)c(F)cc3F)c(C(F)(F)F)cc3c(N4CCNCC4C)nc(=O)n(c23)C1. The molecule has 1 fully saturated rings. The number of nitrogens with zero attached hydrogens (tertiary/aromatic N) is 3. The normalized spacial score (nSPS) is 20.4. The third-order valence-electron chi connectivity index (χ3n) is 6.69. The molecule has 3 aromatic rings. The van der Waals surface area contributed by atoms with E-state index in [2.05, 4.69) is 10.3 Å². The number of aromatic nitrogens is 2. The van der Waals surface area contributed by atoms with Crippen LogP contribution in [0.1, 0.15) is 12.5 Å². The highest BCUT2D eigenvalue weighted by Crippen LogP contribution is 2.49. The van der Waals surface area contributed by atoms with Crippen molar-refractivity contribution in [2.45, 2.75) is 36.7 Å². The second kappa shape index (κ2) is 9.72. The molecule has 5 rings (SSSR count). The molecule has 0 aliphatic carbocycles. The van der Waals surface area contributed by atoms with E-state index in [4.69, 9.17) is 16.3 Å². The Morgan fingerprint density at radius 2 is 1.97 bits per heavy atom. The summed E-state index contributed by atoms with van der Waals surface area (Å²) in [6.07, 6.45) is -5.43. The molecule has 198 valence electrons. The Labute approximate surface area is 217 Å². The van der Waals surface area contributed by atoms with Crippen LogP contribution in [0.3, 0.4) is 0 Å². The minimum Gasteiger partial charge on any atom is -0.379 e. The number of methoxy groups -OCH3 is 1. The molecule has 37 heavy (non-hydrogen) atoms. The lowest BCUT2D eigenvalue weighted by Gasteiger charge is -2.36. The zero-order valence-electron chi connectivity index (χ0n) is 19.8. The first-order valence-electron chi connectivity index (χ1n) is 11.5. The van der Waals surface area contributed by atoms with Crippen LogP contribution in [0.2, 0.25) is 5.02 Å². The van der Waals surface area contributed by atoms with E-state index in [1.54, 1.807) is 4.90 Å². The molecule has 1 unspecified atom stereocenters. The summed E-state index contributed by atoms with van der Waals surface area (Å²) in [4.78, 5) is 19.4. The molecule has 13 heteroatoms. The molecule has 6 nitrogen and oxygen atoms in total. The molecule has 3 heterocycles. The average Bonchev–Trinajstić information content (AvgIpc) is 3.04. The Hall–Kier alpha value is -2.41. The molecular weight excluding hydrogens is 539 g/mol. The first-order valence-corrected chi connectivity index (χ1v) is 12.8. The maximum absolute atomic E-state index is 15.1. The third-order valence-corrected chi connectivity index (χ3v) is 8.20. The second-order valence-electron chi connectivity index (χ2n) is 9.01. The first kappa shape index (κ1) is 26.2. The average molecular weight is 561 g/mol. The highest BCUT2D eigenvalue weighted by Gasteiger charge is 2.39. The quantitative estimate of drug-likeness (QED) is 0.362. The molecule has 1 aromatic heterocycles. The first-order chi connectivity index (χ1) is 17.5. The number of hydrogen-bond donors (Lipinski definition) is 1. The Kier molecular flexibility index (Phi) is 6.88. The minimum absolute atomic E-state index is 0.0366. The fourth-order valence-corrected chi connectivity index (χ4v) is 6.34. The van der Waals surface area contributed by atoms with Gasteiger partial charge in [0, 0.05) is 66.0 Å². The zero-order chi connectivity index (χ0) is 26.6. The van der Waals surface area contributed by atoms with Crippen molar-refractivity contribution in [2.75, 3.05) is 37.4 Å². The van der Waals surface area contributed by atoms with E-state index in [1.807, 2.05) is 6.92 Å². The van der Waals surface area contributed by atoms with Gasteiger partial charge in [-0.2, -0.15) is 18.2 Å². The number of piperazine rings is 1. The van der Waals surface area contributed by atoms with Gasteiger partial charge < -0.3 is 15.0 Å². The van der Waals surface area contributed by atoms with E-state index in [1.165, 1.54) is 11.7 Å². The molecule has 2 aliphatic rings. The van der Waals surface area contributed by atoms with Gasteiger partial charge in [0.2, 0.25) is 0 Å². The number of halogens is 6. The van der Waals surface area contributed by atoms with Gasteiger partial charge in [0.1, 0.15) is 17.5 Å². The van der Waals surface area contributed by atoms with E-state index >= 15 is 4.39 Å². The predicted molar refractivity (Wildman–Crippen MR) is 133 cm³/mol. The number of nitrogens with one attached hydrogen (secondary N) is 1. The number of alkyl halides is 3. The van der Waals surface area contributed by atoms with Gasteiger partial charge in [0.15, 0.2) is 0 Å². The molecule has 0 saturated carbocycles. The van der Waals surface area contributed by atoms with Crippen molar-refractivity contribution in [2.24, 2.45) is 0 Å². The number of anilines is 1. The van der Waals surface area contributed by atoms with Crippen molar-refractivity contribution >= 4 is 40.1 Å². The number of rotatable bonds is 3. The Bertz CT molecular complexity index is 1450. The summed E-state index contributed by atoms with van der Waals surface area (Å²) in [5, 5.41) is 2.81. The Morgan fingerprint density at radius 3 is 2.65 bits per heavy atom. The molecule has 2 aromatic carbocycles. The van der Waals surface area contributed by atoms with Gasteiger partial charge in [0.25, 0.3) is 0 Å². The second-order valence-corrected chi connectivity index (χ2v) is 10.4. The predicted octanol–water partition coefficient (Wildman–Crippen LogP) is 4.93. The molecule has 0 spiro atoms. The van der Waals surface area contributed by atoms with Gasteiger partial charge >= 0.3 is 11.9 Å². The van der Waals surface area contributed by atoms with Gasteiger partial charge in [-0.3, -0.25) is 4.57 Å². The van der Waals surface area contributed by atoms with Crippen LogP contribution in [0.25, 0.3) is 22.0 Å². The standard InChI is InChI=1S/C24H22ClF5N4O2S/c1-11-8-31-3-4-33(11)22-14-5-15(24(28,29)30)19(13-6-16(25)18(27)7-17(13)26)21-20(14)34(23(35)32-22)9-12(36-2)10-37-21/h5-7,11-12,31H,3-4,8-10H2,1-2H3/t11?,12-/m1/s1. The molecule has 0 bridgehead atoms. The van der Waals surface area contributed by atoms with Crippen molar-refractivity contribution in [3.63, 3.8) is 0 Å². The van der Waals surface area contributed by atoms with E-state index in [9.17, 15) is 22.4 Å². The molecule has 2 atom stereocenters. The van der Waals surface area contributed by atoms with Crippen LogP contribution >= 0.6 is 23.4 Å². The van der Waals surface area contributed by atoms with Crippen LogP contribution in [0.15, 0.2) is 27.9 Å². The molecule has 2 aliphatic heterocycles. The number of benzene rings is 2. The summed E-state index contributed by atoms with van der Waals surface area (Å²) in [7, 11) is 1.44. The van der Waals surface area contributed by atoms with Crippen LogP contribution in [-0.4, -0.2) is 54.2 Å². The molecule has 0 radical (unpaired) electrons. The number of hydrogen-bond acceptors (Lipinski definition) is 6. The van der Waals surface area contributed by atoms with E-state index in [0.29, 0.717) is 25.7 Å². The van der Waals surface area contributed by atoms with Crippen LogP contribution < -0.4 is 15.9 Å².